The zero-order chi connectivity index (χ0) is 10.7. The summed E-state index contributed by atoms with van der Waals surface area (Å²) in [7, 11) is 0. The first kappa shape index (κ1) is 10.1. The summed E-state index contributed by atoms with van der Waals surface area (Å²) in [6.07, 6.45) is -0.152. The van der Waals surface area contributed by atoms with E-state index < -0.39 is 6.17 Å². The quantitative estimate of drug-likeness (QED) is 0.713. The summed E-state index contributed by atoms with van der Waals surface area (Å²) in [5, 5.41) is 0. The molecule has 1 aromatic rings. The summed E-state index contributed by atoms with van der Waals surface area (Å²) in [6.45, 7) is 0.285. The SMILES string of the molecule is O=C(OCc1ccccc1)C1CC(F)C1. The normalized spacial score (nSPS) is 24.3. The van der Waals surface area contributed by atoms with Gasteiger partial charge in [-0.15, -0.1) is 0 Å². The lowest BCUT2D eigenvalue weighted by molar-refractivity contribution is -0.155. The van der Waals surface area contributed by atoms with Crippen LogP contribution < -0.4 is 0 Å². The second-order valence-electron chi connectivity index (χ2n) is 3.86. The van der Waals surface area contributed by atoms with Gasteiger partial charge in [-0.05, 0) is 18.4 Å². The van der Waals surface area contributed by atoms with Gasteiger partial charge in [-0.3, -0.25) is 4.79 Å². The van der Waals surface area contributed by atoms with Crippen molar-refractivity contribution in [1.29, 1.82) is 0 Å². The molecule has 0 radical (unpaired) electrons. The lowest BCUT2D eigenvalue weighted by Gasteiger charge is -2.27. The molecule has 3 heteroatoms. The van der Waals surface area contributed by atoms with Crippen molar-refractivity contribution in [2.45, 2.75) is 25.6 Å². The van der Waals surface area contributed by atoms with Crippen LogP contribution in [0.5, 0.6) is 0 Å². The van der Waals surface area contributed by atoms with E-state index in [0.717, 1.165) is 5.56 Å². The Hall–Kier alpha value is -1.38. The zero-order valence-electron chi connectivity index (χ0n) is 8.36. The van der Waals surface area contributed by atoms with E-state index in [4.69, 9.17) is 4.74 Å². The molecule has 15 heavy (non-hydrogen) atoms. The first-order chi connectivity index (χ1) is 7.25. The number of carbonyl (C=O) groups is 1. The Morgan fingerprint density at radius 2 is 2.00 bits per heavy atom. The van der Waals surface area contributed by atoms with Crippen molar-refractivity contribution in [3.05, 3.63) is 35.9 Å². The number of carbonyl (C=O) groups excluding carboxylic acids is 1. The Kier molecular flexibility index (Phi) is 2.99. The van der Waals surface area contributed by atoms with E-state index in [1.165, 1.54) is 0 Å². The molecule has 2 rings (SSSR count). The average molecular weight is 208 g/mol. The van der Waals surface area contributed by atoms with Crippen LogP contribution >= 0.6 is 0 Å². The third kappa shape index (κ3) is 2.55. The monoisotopic (exact) mass is 208 g/mol. The van der Waals surface area contributed by atoms with Gasteiger partial charge in [0.15, 0.2) is 0 Å². The molecule has 0 saturated heterocycles. The van der Waals surface area contributed by atoms with Crippen LogP contribution in [0.2, 0.25) is 0 Å². The average Bonchev–Trinajstić information content (AvgIpc) is 2.23. The Bertz CT molecular complexity index is 331. The number of hydrogen-bond acceptors (Lipinski definition) is 2. The van der Waals surface area contributed by atoms with E-state index in [9.17, 15) is 9.18 Å². The van der Waals surface area contributed by atoms with E-state index in [1.807, 2.05) is 30.3 Å². The number of alkyl halides is 1. The first-order valence-electron chi connectivity index (χ1n) is 5.10. The van der Waals surface area contributed by atoms with Gasteiger partial charge in [0, 0.05) is 0 Å². The maximum absolute atomic E-state index is 12.5. The molecule has 1 aliphatic rings. The molecular formula is C12H13FO2. The highest BCUT2D eigenvalue weighted by Crippen LogP contribution is 2.31. The summed E-state index contributed by atoms with van der Waals surface area (Å²) < 4.78 is 17.6. The standard InChI is InChI=1S/C12H13FO2/c13-11-6-10(7-11)12(14)15-8-9-4-2-1-3-5-9/h1-5,10-11H,6-8H2. The van der Waals surface area contributed by atoms with Crippen molar-refractivity contribution in [1.82, 2.24) is 0 Å². The molecule has 0 aliphatic heterocycles. The van der Waals surface area contributed by atoms with Crippen LogP contribution in [0.1, 0.15) is 18.4 Å². The Morgan fingerprint density at radius 1 is 1.33 bits per heavy atom. The van der Waals surface area contributed by atoms with E-state index in [0.29, 0.717) is 12.8 Å². The summed E-state index contributed by atoms with van der Waals surface area (Å²) in [5.41, 5.74) is 0.960. The van der Waals surface area contributed by atoms with Crippen LogP contribution in [0.15, 0.2) is 30.3 Å². The molecule has 2 nitrogen and oxygen atoms in total. The molecule has 0 aromatic heterocycles. The highest BCUT2D eigenvalue weighted by atomic mass is 19.1. The van der Waals surface area contributed by atoms with Gasteiger partial charge in [-0.25, -0.2) is 4.39 Å². The third-order valence-electron chi connectivity index (χ3n) is 2.64. The third-order valence-corrected chi connectivity index (χ3v) is 2.64. The van der Waals surface area contributed by atoms with E-state index in [-0.39, 0.29) is 18.5 Å². The smallest absolute Gasteiger partial charge is 0.309 e. The minimum absolute atomic E-state index is 0.219. The van der Waals surface area contributed by atoms with Gasteiger partial charge in [0.25, 0.3) is 0 Å². The lowest BCUT2D eigenvalue weighted by Crippen LogP contribution is -2.32. The molecule has 80 valence electrons. The zero-order valence-corrected chi connectivity index (χ0v) is 8.36. The number of rotatable bonds is 3. The van der Waals surface area contributed by atoms with E-state index >= 15 is 0 Å². The highest BCUT2D eigenvalue weighted by molar-refractivity contribution is 5.73. The molecular weight excluding hydrogens is 195 g/mol. The second-order valence-corrected chi connectivity index (χ2v) is 3.86. The van der Waals surface area contributed by atoms with Gasteiger partial charge >= 0.3 is 5.97 Å². The molecule has 0 N–H and O–H groups in total. The van der Waals surface area contributed by atoms with Gasteiger partial charge in [0.2, 0.25) is 0 Å². The maximum Gasteiger partial charge on any atom is 0.309 e. The molecule has 1 aromatic carbocycles. The number of halogens is 1. The minimum atomic E-state index is -0.806. The van der Waals surface area contributed by atoms with Gasteiger partial charge in [0.05, 0.1) is 5.92 Å². The van der Waals surface area contributed by atoms with Crippen LogP contribution in [0, 0.1) is 5.92 Å². The summed E-state index contributed by atoms with van der Waals surface area (Å²) in [5.74, 6) is -0.489. The molecule has 1 saturated carbocycles. The predicted octanol–water partition coefficient (Wildman–Crippen LogP) is 2.48. The van der Waals surface area contributed by atoms with Crippen LogP contribution in [0.25, 0.3) is 0 Å². The molecule has 0 atom stereocenters. The fraction of sp³-hybridized carbons (Fsp3) is 0.417. The van der Waals surface area contributed by atoms with Gasteiger partial charge in [-0.1, -0.05) is 30.3 Å². The van der Waals surface area contributed by atoms with Crippen molar-refractivity contribution < 1.29 is 13.9 Å². The van der Waals surface area contributed by atoms with Crippen LogP contribution in [0.3, 0.4) is 0 Å². The number of benzene rings is 1. The Balaban J connectivity index is 1.76. The van der Waals surface area contributed by atoms with Crippen LogP contribution in [0.4, 0.5) is 4.39 Å². The van der Waals surface area contributed by atoms with Crippen molar-refractivity contribution in [2.75, 3.05) is 0 Å². The van der Waals surface area contributed by atoms with Gasteiger partial charge in [0.1, 0.15) is 12.8 Å². The van der Waals surface area contributed by atoms with Crippen molar-refractivity contribution in [3.8, 4) is 0 Å². The molecule has 0 spiro atoms. The van der Waals surface area contributed by atoms with Crippen molar-refractivity contribution >= 4 is 5.97 Å². The minimum Gasteiger partial charge on any atom is -0.461 e. The Labute approximate surface area is 88.1 Å². The van der Waals surface area contributed by atoms with Crippen molar-refractivity contribution in [3.63, 3.8) is 0 Å². The van der Waals surface area contributed by atoms with Crippen molar-refractivity contribution in [2.24, 2.45) is 5.92 Å². The summed E-state index contributed by atoms with van der Waals surface area (Å²) in [4.78, 5) is 11.4. The molecule has 0 amide bonds. The molecule has 0 heterocycles. The number of esters is 1. The molecule has 0 unspecified atom stereocenters. The number of ether oxygens (including phenoxy) is 1. The lowest BCUT2D eigenvalue weighted by atomic mass is 9.84. The van der Waals surface area contributed by atoms with Crippen LogP contribution in [-0.2, 0) is 16.1 Å². The summed E-state index contributed by atoms with van der Waals surface area (Å²) in [6, 6.07) is 9.48. The topological polar surface area (TPSA) is 26.3 Å². The molecule has 1 fully saturated rings. The highest BCUT2D eigenvalue weighted by Gasteiger charge is 2.35. The van der Waals surface area contributed by atoms with Gasteiger partial charge < -0.3 is 4.74 Å². The summed E-state index contributed by atoms with van der Waals surface area (Å²) >= 11 is 0. The van der Waals surface area contributed by atoms with E-state index in [2.05, 4.69) is 0 Å². The predicted molar refractivity (Wildman–Crippen MR) is 53.9 cm³/mol. The van der Waals surface area contributed by atoms with E-state index in [1.54, 1.807) is 0 Å². The van der Waals surface area contributed by atoms with Crippen LogP contribution in [-0.4, -0.2) is 12.1 Å². The fourth-order valence-electron chi connectivity index (χ4n) is 1.59. The first-order valence-corrected chi connectivity index (χ1v) is 5.10. The maximum atomic E-state index is 12.5. The second kappa shape index (κ2) is 4.43. The van der Waals surface area contributed by atoms with Gasteiger partial charge in [-0.2, -0.15) is 0 Å². The molecule has 1 aliphatic carbocycles. The Morgan fingerprint density at radius 3 is 2.60 bits per heavy atom. The largest absolute Gasteiger partial charge is 0.461 e. The fourth-order valence-corrected chi connectivity index (χ4v) is 1.59. The number of hydrogen-bond donors (Lipinski definition) is 0. The molecule has 0 bridgehead atoms.